The molecule has 0 saturated carbocycles. The maximum atomic E-state index is 5.38. The van der Waals surface area contributed by atoms with E-state index < -0.39 is 0 Å². The molecule has 0 aliphatic carbocycles. The molecule has 1 aliphatic rings. The van der Waals surface area contributed by atoms with Crippen molar-refractivity contribution >= 4 is 10.2 Å². The Kier molecular flexibility index (Phi) is 4.02. The lowest BCUT2D eigenvalue weighted by molar-refractivity contribution is -0.0935. The molecule has 1 fully saturated rings. The zero-order valence-corrected chi connectivity index (χ0v) is 8.64. The third-order valence-corrected chi connectivity index (χ3v) is 2.45. The van der Waals surface area contributed by atoms with E-state index in [9.17, 15) is 0 Å². The fourth-order valence-electron chi connectivity index (χ4n) is 0.877. The van der Waals surface area contributed by atoms with Crippen LogP contribution in [-0.2, 0) is 9.47 Å². The van der Waals surface area contributed by atoms with Crippen molar-refractivity contribution in [3.05, 3.63) is 0 Å². The van der Waals surface area contributed by atoms with Gasteiger partial charge in [-0.15, -0.1) is 0 Å². The molecule has 60 valence electrons. The highest BCUT2D eigenvalue weighted by atomic mass is 28.1. The van der Waals surface area contributed by atoms with Crippen molar-refractivity contribution in [1.82, 2.24) is 0 Å². The van der Waals surface area contributed by atoms with Crippen LogP contribution in [-0.4, -0.2) is 36.2 Å². The predicted molar refractivity (Wildman–Crippen MR) is 44.5 cm³/mol. The fraction of sp³-hybridized carbons (Fsp3) is 1.00. The summed E-state index contributed by atoms with van der Waals surface area (Å²) in [5.74, 6) is 0. The van der Waals surface area contributed by atoms with Crippen LogP contribution in [0.1, 0.15) is 12.8 Å². The lowest BCUT2D eigenvalue weighted by Crippen LogP contribution is -2.31. The van der Waals surface area contributed by atoms with Gasteiger partial charge in [-0.25, -0.2) is 0 Å². The van der Waals surface area contributed by atoms with Crippen LogP contribution in [0, 0.1) is 0 Å². The van der Waals surface area contributed by atoms with Crippen molar-refractivity contribution in [1.29, 1.82) is 0 Å². The summed E-state index contributed by atoms with van der Waals surface area (Å²) < 4.78 is 10.6. The Morgan fingerprint density at radius 3 is 2.90 bits per heavy atom. The van der Waals surface area contributed by atoms with Crippen LogP contribution in [0.25, 0.3) is 0 Å². The van der Waals surface area contributed by atoms with Crippen molar-refractivity contribution in [3.8, 4) is 0 Å². The van der Waals surface area contributed by atoms with Gasteiger partial charge in [0.15, 0.2) is 0 Å². The van der Waals surface area contributed by atoms with E-state index >= 15 is 0 Å². The maximum Gasteiger partial charge on any atom is 0.0830 e. The standard InChI is InChI=1S/C7H16O2Si/c10-5-1-3-8-6-7-2-4-9-7/h7H,1-6H2,10H3. The smallest absolute Gasteiger partial charge is 0.0830 e. The Morgan fingerprint density at radius 2 is 2.40 bits per heavy atom. The van der Waals surface area contributed by atoms with Crippen LogP contribution in [0.4, 0.5) is 0 Å². The molecular formula is C7H16O2Si. The molecule has 0 bridgehead atoms. The summed E-state index contributed by atoms with van der Waals surface area (Å²) in [6.07, 6.45) is 2.86. The van der Waals surface area contributed by atoms with E-state index in [4.69, 9.17) is 9.47 Å². The summed E-state index contributed by atoms with van der Waals surface area (Å²) >= 11 is 0. The molecule has 0 amide bonds. The van der Waals surface area contributed by atoms with Crippen LogP contribution >= 0.6 is 0 Å². The van der Waals surface area contributed by atoms with E-state index in [-0.39, 0.29) is 0 Å². The number of hydrogen-bond donors (Lipinski definition) is 0. The van der Waals surface area contributed by atoms with Crippen LogP contribution in [0.5, 0.6) is 0 Å². The topological polar surface area (TPSA) is 18.5 Å². The molecule has 1 saturated heterocycles. The summed E-state index contributed by atoms with van der Waals surface area (Å²) in [4.78, 5) is 0. The van der Waals surface area contributed by atoms with Crippen molar-refractivity contribution in [2.75, 3.05) is 19.8 Å². The maximum absolute atomic E-state index is 5.38. The van der Waals surface area contributed by atoms with E-state index in [0.717, 1.165) is 19.8 Å². The minimum absolute atomic E-state index is 0.425. The average molecular weight is 160 g/mol. The molecule has 2 nitrogen and oxygen atoms in total. The molecular weight excluding hydrogens is 144 g/mol. The van der Waals surface area contributed by atoms with Gasteiger partial charge in [0.1, 0.15) is 0 Å². The largest absolute Gasteiger partial charge is 0.379 e. The Labute approximate surface area is 65.3 Å². The van der Waals surface area contributed by atoms with Crippen molar-refractivity contribution in [2.24, 2.45) is 0 Å². The molecule has 0 radical (unpaired) electrons. The molecule has 0 aromatic rings. The predicted octanol–water partition coefficient (Wildman–Crippen LogP) is -0.0343. The summed E-state index contributed by atoms with van der Waals surface area (Å²) in [5, 5.41) is 0. The van der Waals surface area contributed by atoms with Crippen molar-refractivity contribution in [2.45, 2.75) is 25.0 Å². The quantitative estimate of drug-likeness (QED) is 0.415. The highest BCUT2D eigenvalue weighted by Gasteiger charge is 2.17. The van der Waals surface area contributed by atoms with Crippen molar-refractivity contribution < 1.29 is 9.47 Å². The van der Waals surface area contributed by atoms with Gasteiger partial charge >= 0.3 is 0 Å². The van der Waals surface area contributed by atoms with Gasteiger partial charge in [-0.1, -0.05) is 6.04 Å². The average Bonchev–Trinajstić information content (AvgIpc) is 1.84. The van der Waals surface area contributed by atoms with E-state index in [1.807, 2.05) is 0 Å². The van der Waals surface area contributed by atoms with Gasteiger partial charge in [0, 0.05) is 23.5 Å². The first-order chi connectivity index (χ1) is 4.93. The molecule has 10 heavy (non-hydrogen) atoms. The monoisotopic (exact) mass is 160 g/mol. The number of rotatable bonds is 5. The van der Waals surface area contributed by atoms with Crippen LogP contribution in [0.2, 0.25) is 6.04 Å². The third-order valence-electron chi connectivity index (χ3n) is 1.74. The molecule has 1 aliphatic heterocycles. The first kappa shape index (κ1) is 8.24. The Morgan fingerprint density at radius 1 is 1.60 bits per heavy atom. The van der Waals surface area contributed by atoms with Gasteiger partial charge in [-0.2, -0.15) is 0 Å². The van der Waals surface area contributed by atoms with Gasteiger partial charge in [0.05, 0.1) is 12.7 Å². The molecule has 1 atom stereocenters. The number of ether oxygens (including phenoxy) is 2. The SMILES string of the molecule is [SiH3]CCCOCC1CCO1. The van der Waals surface area contributed by atoms with Crippen molar-refractivity contribution in [3.63, 3.8) is 0 Å². The zero-order valence-electron chi connectivity index (χ0n) is 6.64. The molecule has 0 N–H and O–H groups in total. The highest BCUT2D eigenvalue weighted by molar-refractivity contribution is 6.08. The van der Waals surface area contributed by atoms with Gasteiger partial charge in [0.25, 0.3) is 0 Å². The van der Waals surface area contributed by atoms with E-state index in [0.29, 0.717) is 6.10 Å². The summed E-state index contributed by atoms with van der Waals surface area (Å²) in [6, 6.07) is 1.35. The molecule has 0 aromatic carbocycles. The number of hydrogen-bond acceptors (Lipinski definition) is 2. The Balaban J connectivity index is 1.76. The van der Waals surface area contributed by atoms with Gasteiger partial charge in [0.2, 0.25) is 0 Å². The van der Waals surface area contributed by atoms with E-state index in [2.05, 4.69) is 0 Å². The Hall–Kier alpha value is 0.137. The molecule has 1 unspecified atom stereocenters. The third kappa shape index (κ3) is 2.81. The second-order valence-electron chi connectivity index (χ2n) is 2.71. The highest BCUT2D eigenvalue weighted by Crippen LogP contribution is 2.10. The van der Waals surface area contributed by atoms with E-state index in [1.54, 1.807) is 0 Å². The molecule has 3 heteroatoms. The Bertz CT molecular complexity index is 83.7. The molecule has 1 heterocycles. The van der Waals surface area contributed by atoms with Crippen LogP contribution < -0.4 is 0 Å². The normalized spacial score (nSPS) is 24.6. The summed E-state index contributed by atoms with van der Waals surface area (Å²) in [5.41, 5.74) is 0. The van der Waals surface area contributed by atoms with Gasteiger partial charge in [-0.3, -0.25) is 0 Å². The first-order valence-corrected chi connectivity index (χ1v) is 5.54. The fourth-order valence-corrected chi connectivity index (χ4v) is 1.17. The lowest BCUT2D eigenvalue weighted by Gasteiger charge is -2.25. The molecule has 0 aromatic heterocycles. The molecule has 0 spiro atoms. The van der Waals surface area contributed by atoms with Crippen LogP contribution in [0.3, 0.4) is 0 Å². The van der Waals surface area contributed by atoms with Gasteiger partial charge < -0.3 is 9.47 Å². The summed E-state index contributed by atoms with van der Waals surface area (Å²) in [7, 11) is 1.31. The minimum Gasteiger partial charge on any atom is -0.379 e. The minimum atomic E-state index is 0.425. The summed E-state index contributed by atoms with van der Waals surface area (Å²) in [6.45, 7) is 2.69. The van der Waals surface area contributed by atoms with E-state index in [1.165, 1.54) is 29.1 Å². The lowest BCUT2D eigenvalue weighted by atomic mass is 10.2. The second-order valence-corrected chi connectivity index (χ2v) is 3.71. The second kappa shape index (κ2) is 4.88. The molecule has 1 rings (SSSR count). The van der Waals surface area contributed by atoms with Crippen LogP contribution in [0.15, 0.2) is 0 Å². The van der Waals surface area contributed by atoms with Gasteiger partial charge in [-0.05, 0) is 12.8 Å². The zero-order chi connectivity index (χ0) is 7.23. The first-order valence-electron chi connectivity index (χ1n) is 4.13.